The van der Waals surface area contributed by atoms with E-state index in [2.05, 4.69) is 0 Å². The number of halogens is 1. The van der Waals surface area contributed by atoms with E-state index in [4.69, 9.17) is 16.3 Å². The van der Waals surface area contributed by atoms with Crippen molar-refractivity contribution in [1.29, 1.82) is 0 Å². The second-order valence-electron chi connectivity index (χ2n) is 7.72. The zero-order chi connectivity index (χ0) is 22.5. The summed E-state index contributed by atoms with van der Waals surface area (Å²) in [7, 11) is 3.80. The van der Waals surface area contributed by atoms with E-state index in [0.717, 1.165) is 6.42 Å². The second-order valence-corrected chi connectivity index (χ2v) is 8.16. The van der Waals surface area contributed by atoms with Crippen LogP contribution in [0, 0.1) is 0 Å². The quantitative estimate of drug-likeness (QED) is 0.378. The van der Waals surface area contributed by atoms with Gasteiger partial charge >= 0.3 is 0 Å². The lowest BCUT2D eigenvalue weighted by atomic mass is 9.95. The Balaban J connectivity index is 2.04. The number of carbonyl (C=O) groups is 2. The van der Waals surface area contributed by atoms with Crippen molar-refractivity contribution in [3.63, 3.8) is 0 Å². The average molecular weight is 443 g/mol. The van der Waals surface area contributed by atoms with Crippen molar-refractivity contribution in [1.82, 2.24) is 9.80 Å². The molecule has 2 aromatic carbocycles. The normalized spacial score (nSPS) is 18.1. The highest BCUT2D eigenvalue weighted by atomic mass is 35.5. The Labute approximate surface area is 187 Å². The van der Waals surface area contributed by atoms with E-state index in [1.165, 1.54) is 4.90 Å². The molecule has 164 valence electrons. The lowest BCUT2D eigenvalue weighted by Crippen LogP contribution is -2.35. The Kier molecular flexibility index (Phi) is 7.36. The van der Waals surface area contributed by atoms with Gasteiger partial charge in [0, 0.05) is 23.7 Å². The molecule has 3 rings (SSSR count). The average Bonchev–Trinajstić information content (AvgIpc) is 3.01. The molecule has 31 heavy (non-hydrogen) atoms. The Morgan fingerprint density at radius 2 is 1.74 bits per heavy atom. The third-order valence-electron chi connectivity index (χ3n) is 5.11. The fourth-order valence-electron chi connectivity index (χ4n) is 3.49. The molecule has 1 aliphatic heterocycles. The van der Waals surface area contributed by atoms with E-state index < -0.39 is 17.7 Å². The van der Waals surface area contributed by atoms with Crippen LogP contribution in [0.2, 0.25) is 5.02 Å². The zero-order valence-corrected chi connectivity index (χ0v) is 18.7. The first-order chi connectivity index (χ1) is 14.8. The molecule has 1 heterocycles. The number of ether oxygens (including phenoxy) is 1. The monoisotopic (exact) mass is 442 g/mol. The summed E-state index contributed by atoms with van der Waals surface area (Å²) in [4.78, 5) is 29.3. The highest BCUT2D eigenvalue weighted by Crippen LogP contribution is 2.39. The maximum Gasteiger partial charge on any atom is 0.295 e. The van der Waals surface area contributed by atoms with Gasteiger partial charge in [-0.05, 0) is 62.5 Å². The minimum absolute atomic E-state index is 0.0771. The molecule has 0 aromatic heterocycles. The summed E-state index contributed by atoms with van der Waals surface area (Å²) in [5.74, 6) is -0.833. The maximum absolute atomic E-state index is 13.0. The Morgan fingerprint density at radius 1 is 1.10 bits per heavy atom. The van der Waals surface area contributed by atoms with Gasteiger partial charge in [0.15, 0.2) is 0 Å². The summed E-state index contributed by atoms with van der Waals surface area (Å²) in [5.41, 5.74) is 1.24. The molecule has 0 radical (unpaired) electrons. The predicted molar refractivity (Wildman–Crippen MR) is 121 cm³/mol. The van der Waals surface area contributed by atoms with Crippen LogP contribution < -0.4 is 4.74 Å². The zero-order valence-electron chi connectivity index (χ0n) is 18.0. The molecule has 1 fully saturated rings. The summed E-state index contributed by atoms with van der Waals surface area (Å²) < 4.78 is 5.58. The molecule has 1 saturated heterocycles. The number of rotatable bonds is 8. The van der Waals surface area contributed by atoms with Gasteiger partial charge in [0.25, 0.3) is 11.7 Å². The predicted octanol–water partition coefficient (Wildman–Crippen LogP) is 4.11. The third kappa shape index (κ3) is 5.09. The van der Waals surface area contributed by atoms with E-state index in [-0.39, 0.29) is 11.3 Å². The molecular formula is C24H27ClN2O4. The molecule has 0 spiro atoms. The molecule has 2 aromatic rings. The lowest BCUT2D eigenvalue weighted by Gasteiger charge is -2.26. The Bertz CT molecular complexity index is 968. The molecule has 1 atom stereocenters. The molecule has 0 bridgehead atoms. The topological polar surface area (TPSA) is 70.1 Å². The van der Waals surface area contributed by atoms with Gasteiger partial charge in [0.2, 0.25) is 0 Å². The minimum atomic E-state index is -0.692. The van der Waals surface area contributed by atoms with Crippen LogP contribution in [0.5, 0.6) is 5.75 Å². The largest absolute Gasteiger partial charge is 0.507 e. The van der Waals surface area contributed by atoms with Gasteiger partial charge in [-0.15, -0.1) is 0 Å². The van der Waals surface area contributed by atoms with Gasteiger partial charge in [0.05, 0.1) is 18.2 Å². The molecule has 0 saturated carbocycles. The summed E-state index contributed by atoms with van der Waals surface area (Å²) in [6.07, 6.45) is 0.888. The summed E-state index contributed by atoms with van der Waals surface area (Å²) in [6, 6.07) is 13.1. The molecule has 1 amide bonds. The van der Waals surface area contributed by atoms with Crippen molar-refractivity contribution in [3.05, 3.63) is 70.3 Å². The van der Waals surface area contributed by atoms with Crippen LogP contribution in [-0.2, 0) is 9.59 Å². The molecule has 7 heteroatoms. The van der Waals surface area contributed by atoms with Crippen LogP contribution in [-0.4, -0.2) is 60.4 Å². The number of nitrogens with zero attached hydrogens (tertiary/aromatic N) is 2. The molecule has 1 N–H and O–H groups in total. The van der Waals surface area contributed by atoms with Crippen molar-refractivity contribution < 1.29 is 19.4 Å². The van der Waals surface area contributed by atoms with Gasteiger partial charge in [-0.1, -0.05) is 30.7 Å². The van der Waals surface area contributed by atoms with Gasteiger partial charge in [-0.3, -0.25) is 9.59 Å². The smallest absolute Gasteiger partial charge is 0.295 e. The number of amides is 1. The van der Waals surface area contributed by atoms with Gasteiger partial charge in [0.1, 0.15) is 11.5 Å². The van der Waals surface area contributed by atoms with Crippen molar-refractivity contribution in [2.24, 2.45) is 0 Å². The van der Waals surface area contributed by atoms with E-state index in [1.54, 1.807) is 48.5 Å². The van der Waals surface area contributed by atoms with Gasteiger partial charge in [-0.25, -0.2) is 0 Å². The Morgan fingerprint density at radius 3 is 2.32 bits per heavy atom. The van der Waals surface area contributed by atoms with Crippen molar-refractivity contribution in [2.45, 2.75) is 19.4 Å². The summed E-state index contributed by atoms with van der Waals surface area (Å²) in [6.45, 7) is 3.55. The third-order valence-corrected chi connectivity index (χ3v) is 5.37. The number of aliphatic hydroxyl groups is 1. The van der Waals surface area contributed by atoms with E-state index >= 15 is 0 Å². The van der Waals surface area contributed by atoms with Crippen molar-refractivity contribution >= 4 is 29.1 Å². The highest BCUT2D eigenvalue weighted by Gasteiger charge is 2.45. The molecule has 0 unspecified atom stereocenters. The summed E-state index contributed by atoms with van der Waals surface area (Å²) >= 11 is 6.03. The molecule has 0 aliphatic carbocycles. The Hall–Kier alpha value is -2.83. The minimum Gasteiger partial charge on any atom is -0.507 e. The number of hydrogen-bond donors (Lipinski definition) is 1. The van der Waals surface area contributed by atoms with Crippen LogP contribution in [0.1, 0.15) is 30.5 Å². The maximum atomic E-state index is 13.0. The van der Waals surface area contributed by atoms with Crippen LogP contribution in [0.15, 0.2) is 54.1 Å². The van der Waals surface area contributed by atoms with E-state index in [1.807, 2.05) is 25.9 Å². The number of likely N-dealkylation sites (N-methyl/N-ethyl adjacent to an activating group) is 1. The molecule has 6 nitrogen and oxygen atoms in total. The first-order valence-electron chi connectivity index (χ1n) is 10.2. The first kappa shape index (κ1) is 22.8. The lowest BCUT2D eigenvalue weighted by molar-refractivity contribution is -0.140. The van der Waals surface area contributed by atoms with E-state index in [9.17, 15) is 14.7 Å². The molecule has 1 aliphatic rings. The number of carbonyl (C=O) groups excluding carboxylic acids is 2. The fraction of sp³-hybridized carbons (Fsp3) is 0.333. The van der Waals surface area contributed by atoms with Crippen LogP contribution in [0.4, 0.5) is 0 Å². The number of likely N-dealkylation sites (tertiary alicyclic amines) is 1. The number of aliphatic hydroxyl groups excluding tert-OH is 1. The highest BCUT2D eigenvalue weighted by molar-refractivity contribution is 6.46. The second kappa shape index (κ2) is 9.98. The van der Waals surface area contributed by atoms with Gasteiger partial charge in [-0.2, -0.15) is 0 Å². The van der Waals surface area contributed by atoms with Gasteiger partial charge < -0.3 is 19.6 Å². The van der Waals surface area contributed by atoms with Crippen LogP contribution in [0.25, 0.3) is 5.76 Å². The number of hydrogen-bond acceptors (Lipinski definition) is 5. The van der Waals surface area contributed by atoms with Crippen molar-refractivity contribution in [2.75, 3.05) is 33.8 Å². The SMILES string of the molecule is CCCOc1ccc(C(O)=C2C(=O)C(=O)N(CCN(C)C)[C@@H]2c2ccc(Cl)cc2)cc1. The van der Waals surface area contributed by atoms with Crippen LogP contribution >= 0.6 is 11.6 Å². The van der Waals surface area contributed by atoms with Crippen molar-refractivity contribution in [3.8, 4) is 5.75 Å². The fourth-order valence-corrected chi connectivity index (χ4v) is 3.62. The summed E-state index contributed by atoms with van der Waals surface area (Å²) in [5, 5.41) is 11.6. The molecular weight excluding hydrogens is 416 g/mol. The number of Topliss-reactive ketones (excluding diaryl/α,β-unsaturated/α-hetero) is 1. The number of benzene rings is 2. The first-order valence-corrected chi connectivity index (χ1v) is 10.6. The standard InChI is InChI=1S/C24H27ClN2O4/c1-4-15-31-19-11-7-17(8-12-19)22(28)20-21(16-5-9-18(25)10-6-16)27(14-13-26(2)3)24(30)23(20)29/h5-12,21,28H,4,13-15H2,1-3H3/t21-/m1/s1. The number of ketones is 1. The van der Waals surface area contributed by atoms with E-state index in [0.29, 0.717) is 41.6 Å². The van der Waals surface area contributed by atoms with Crippen LogP contribution in [0.3, 0.4) is 0 Å².